The third kappa shape index (κ3) is 6.51. The highest BCUT2D eigenvalue weighted by Gasteiger charge is 2.23. The van der Waals surface area contributed by atoms with Crippen LogP contribution in [0.25, 0.3) is 10.1 Å². The highest BCUT2D eigenvalue weighted by molar-refractivity contribution is 8.31. The van der Waals surface area contributed by atoms with E-state index in [2.05, 4.69) is 21.4 Å². The van der Waals surface area contributed by atoms with Gasteiger partial charge in [0.15, 0.2) is 0 Å². The minimum absolute atomic E-state index is 0.209. The van der Waals surface area contributed by atoms with E-state index in [0.29, 0.717) is 11.8 Å². The van der Waals surface area contributed by atoms with Gasteiger partial charge in [-0.2, -0.15) is 8.42 Å². The number of hydrogen-bond donors (Lipinski definition) is 0. The van der Waals surface area contributed by atoms with Crippen molar-refractivity contribution in [1.82, 2.24) is 0 Å². The SMILES string of the molecule is COc1ccccc1Cc1sc2ccccc2c1S(=O)(=O)Cl.O=S(=O)(Cl)Cl. The summed E-state index contributed by atoms with van der Waals surface area (Å²) in [4.78, 5) is 0.932. The first-order chi connectivity index (χ1) is 12.5. The predicted molar refractivity (Wildman–Crippen MR) is 111 cm³/mol. The first-order valence-corrected chi connectivity index (χ1v) is 13.5. The van der Waals surface area contributed by atoms with Gasteiger partial charge in [0.05, 0.1) is 7.11 Å². The van der Waals surface area contributed by atoms with Crippen LogP contribution >= 0.6 is 43.4 Å². The molecule has 0 amide bonds. The van der Waals surface area contributed by atoms with Gasteiger partial charge in [-0.05, 0) is 17.7 Å². The minimum atomic E-state index is -3.81. The molecule has 3 aromatic rings. The topological polar surface area (TPSA) is 77.5 Å². The van der Waals surface area contributed by atoms with Crippen LogP contribution in [0, 0.1) is 0 Å². The second-order valence-electron chi connectivity index (χ2n) is 5.16. The van der Waals surface area contributed by atoms with Crippen LogP contribution in [-0.2, 0) is 23.7 Å². The standard InChI is InChI=1S/C16H13ClO3S2.Cl2O2S/c1-20-13-8-4-2-6-11(13)10-15-16(22(17,18)19)12-7-3-5-9-14(12)21-15;1-5(2,3)4/h2-9H,10H2,1H3;. The van der Waals surface area contributed by atoms with E-state index >= 15 is 0 Å². The van der Waals surface area contributed by atoms with Crippen LogP contribution in [-0.4, -0.2) is 23.9 Å². The molecule has 0 bridgehead atoms. The Balaban J connectivity index is 0.000000465. The van der Waals surface area contributed by atoms with Gasteiger partial charge in [-0.25, -0.2) is 8.42 Å². The fourth-order valence-electron chi connectivity index (χ4n) is 2.48. The average molecular weight is 488 g/mol. The highest BCUT2D eigenvalue weighted by atomic mass is 36.0. The fourth-order valence-corrected chi connectivity index (χ4v) is 5.57. The van der Waals surface area contributed by atoms with Gasteiger partial charge in [0, 0.05) is 53.4 Å². The van der Waals surface area contributed by atoms with Crippen LogP contribution in [0.1, 0.15) is 10.4 Å². The van der Waals surface area contributed by atoms with E-state index in [4.69, 9.17) is 23.8 Å². The predicted octanol–water partition coefficient (Wildman–Crippen LogP) is 5.14. The number of benzene rings is 2. The summed E-state index contributed by atoms with van der Waals surface area (Å²) in [5, 5.41) is 0.674. The molecule has 27 heavy (non-hydrogen) atoms. The lowest BCUT2D eigenvalue weighted by molar-refractivity contribution is 0.410. The van der Waals surface area contributed by atoms with Crippen molar-refractivity contribution < 1.29 is 21.6 Å². The maximum atomic E-state index is 12.0. The molecule has 1 aromatic heterocycles. The van der Waals surface area contributed by atoms with Crippen molar-refractivity contribution >= 4 is 70.8 Å². The number of rotatable bonds is 4. The van der Waals surface area contributed by atoms with Crippen molar-refractivity contribution in [3.63, 3.8) is 0 Å². The Morgan fingerprint density at radius 3 is 2.07 bits per heavy atom. The first-order valence-electron chi connectivity index (χ1n) is 7.22. The van der Waals surface area contributed by atoms with Crippen molar-refractivity contribution in [3.8, 4) is 5.75 Å². The molecule has 0 aliphatic heterocycles. The Hall–Kier alpha value is -1.03. The number of halogens is 3. The zero-order valence-corrected chi connectivity index (χ0v) is 18.4. The summed E-state index contributed by atoms with van der Waals surface area (Å²) in [6.45, 7) is 0. The summed E-state index contributed by atoms with van der Waals surface area (Å²) < 4.78 is 48.6. The average Bonchev–Trinajstić information content (AvgIpc) is 2.91. The van der Waals surface area contributed by atoms with E-state index < -0.39 is 17.3 Å². The molecule has 0 atom stereocenters. The second-order valence-corrected chi connectivity index (χ2v) is 12.5. The molecule has 0 fully saturated rings. The number of hydrogen-bond acceptors (Lipinski definition) is 6. The van der Waals surface area contributed by atoms with E-state index in [0.717, 1.165) is 20.9 Å². The van der Waals surface area contributed by atoms with Crippen LogP contribution in [0.3, 0.4) is 0 Å². The quantitative estimate of drug-likeness (QED) is 0.476. The monoisotopic (exact) mass is 486 g/mol. The van der Waals surface area contributed by atoms with Gasteiger partial charge >= 0.3 is 8.26 Å². The molecule has 3 rings (SSSR count). The smallest absolute Gasteiger partial charge is 0.317 e. The van der Waals surface area contributed by atoms with Gasteiger partial charge in [-0.1, -0.05) is 36.4 Å². The van der Waals surface area contributed by atoms with Gasteiger partial charge in [0.25, 0.3) is 9.05 Å². The molecule has 5 nitrogen and oxygen atoms in total. The van der Waals surface area contributed by atoms with Crippen molar-refractivity contribution in [3.05, 3.63) is 59.0 Å². The molecule has 2 aromatic carbocycles. The van der Waals surface area contributed by atoms with Crippen molar-refractivity contribution in [2.24, 2.45) is 0 Å². The van der Waals surface area contributed by atoms with Crippen molar-refractivity contribution in [1.29, 1.82) is 0 Å². The lowest BCUT2D eigenvalue weighted by Crippen LogP contribution is -1.97. The summed E-state index contributed by atoms with van der Waals surface area (Å²) >= 11 is 1.45. The molecular formula is C16H13Cl3O5S3. The Bertz CT molecular complexity index is 1150. The third-order valence-corrected chi connectivity index (χ3v) is 6.12. The maximum Gasteiger partial charge on any atom is 0.317 e. The zero-order valence-electron chi connectivity index (χ0n) is 13.7. The molecular weight excluding hydrogens is 475 g/mol. The number of fused-ring (bicyclic) bond motifs is 1. The van der Waals surface area contributed by atoms with Crippen molar-refractivity contribution in [2.45, 2.75) is 11.3 Å². The lowest BCUT2D eigenvalue weighted by atomic mass is 10.1. The van der Waals surface area contributed by atoms with Gasteiger partial charge in [-0.15, -0.1) is 11.3 Å². The van der Waals surface area contributed by atoms with Crippen LogP contribution < -0.4 is 4.74 Å². The summed E-state index contributed by atoms with van der Waals surface area (Å²) in [6.07, 6.45) is 0.463. The number of thiophene rings is 1. The number of para-hydroxylation sites is 1. The van der Waals surface area contributed by atoms with Gasteiger partial charge in [-0.3, -0.25) is 0 Å². The number of ether oxygens (including phenoxy) is 1. The highest BCUT2D eigenvalue weighted by Crippen LogP contribution is 2.38. The Kier molecular flexibility index (Phi) is 7.40. The Morgan fingerprint density at radius 2 is 1.48 bits per heavy atom. The van der Waals surface area contributed by atoms with E-state index in [1.807, 2.05) is 42.5 Å². The zero-order chi connectivity index (χ0) is 20.2. The third-order valence-electron chi connectivity index (χ3n) is 3.41. The van der Waals surface area contributed by atoms with Crippen LogP contribution in [0.2, 0.25) is 0 Å². The fraction of sp³-hybridized carbons (Fsp3) is 0.125. The van der Waals surface area contributed by atoms with Gasteiger partial charge in [0.1, 0.15) is 10.6 Å². The summed E-state index contributed by atoms with van der Waals surface area (Å²) in [5.41, 5.74) is 0.929. The molecule has 0 spiro atoms. The van der Waals surface area contributed by atoms with Gasteiger partial charge in [0.2, 0.25) is 0 Å². The lowest BCUT2D eigenvalue weighted by Gasteiger charge is -2.07. The molecule has 0 saturated heterocycles. The molecule has 0 aliphatic rings. The normalized spacial score (nSPS) is 11.7. The Labute approximate surface area is 174 Å². The summed E-state index contributed by atoms with van der Waals surface area (Å²) in [6, 6.07) is 15.0. The van der Waals surface area contributed by atoms with Crippen LogP contribution in [0.5, 0.6) is 5.75 Å². The summed E-state index contributed by atoms with van der Waals surface area (Å²) in [7, 11) is 8.27. The molecule has 0 saturated carbocycles. The van der Waals surface area contributed by atoms with E-state index in [-0.39, 0.29) is 4.90 Å². The van der Waals surface area contributed by atoms with Crippen LogP contribution in [0.4, 0.5) is 0 Å². The molecule has 1 heterocycles. The molecule has 0 N–H and O–H groups in total. The molecule has 11 heteroatoms. The molecule has 0 unspecified atom stereocenters. The molecule has 146 valence electrons. The first kappa shape index (κ1) is 22.3. The van der Waals surface area contributed by atoms with Gasteiger partial charge < -0.3 is 4.74 Å². The van der Waals surface area contributed by atoms with Crippen molar-refractivity contribution in [2.75, 3.05) is 7.11 Å². The summed E-state index contributed by atoms with van der Waals surface area (Å²) in [5.74, 6) is 0.734. The Morgan fingerprint density at radius 1 is 0.926 bits per heavy atom. The largest absolute Gasteiger partial charge is 0.496 e. The van der Waals surface area contributed by atoms with E-state index in [1.165, 1.54) is 11.3 Å². The maximum absolute atomic E-state index is 12.0. The van der Waals surface area contributed by atoms with Crippen LogP contribution in [0.15, 0.2) is 53.4 Å². The second kappa shape index (κ2) is 8.98. The molecule has 0 aliphatic carbocycles. The molecule has 0 radical (unpaired) electrons. The van der Waals surface area contributed by atoms with E-state index in [9.17, 15) is 8.42 Å². The van der Waals surface area contributed by atoms with E-state index in [1.54, 1.807) is 13.2 Å². The number of methoxy groups -OCH3 is 1. The minimum Gasteiger partial charge on any atom is -0.496 e.